The minimum absolute atomic E-state index is 0.106. The van der Waals surface area contributed by atoms with Gasteiger partial charge < -0.3 is 33.5 Å². The Hall–Kier alpha value is -4.62. The first-order valence-corrected chi connectivity index (χ1v) is 17.7. The van der Waals surface area contributed by atoms with Gasteiger partial charge in [0.05, 0.1) is 46.2 Å². The Kier molecular flexibility index (Phi) is 13.8. The zero-order valence-corrected chi connectivity index (χ0v) is 29.5. The number of rotatable bonds is 17. The van der Waals surface area contributed by atoms with Gasteiger partial charge >= 0.3 is 0 Å². The third kappa shape index (κ3) is 10.0. The molecule has 6 rings (SSSR count). The fraction of sp³-hybridized carbons (Fsp3) is 0.289. The first kappa shape index (κ1) is 37.1. The number of benzene rings is 5. The Morgan fingerprint density at radius 2 is 1.02 bits per heavy atom. The van der Waals surface area contributed by atoms with Crippen LogP contribution in [0.3, 0.4) is 0 Å². The summed E-state index contributed by atoms with van der Waals surface area (Å²) in [4.78, 5) is 0. The lowest BCUT2D eigenvalue weighted by atomic mass is 9.91. The number of aliphatic hydroxyl groups excluding tert-OH is 1. The Morgan fingerprint density at radius 1 is 0.558 bits per heavy atom. The van der Waals surface area contributed by atoms with Gasteiger partial charge in [-0.2, -0.15) is 0 Å². The van der Waals surface area contributed by atoms with Crippen LogP contribution in [0.1, 0.15) is 40.3 Å². The van der Waals surface area contributed by atoms with Crippen molar-refractivity contribution in [3.05, 3.63) is 179 Å². The van der Waals surface area contributed by atoms with Gasteiger partial charge in [-0.05, 0) is 46.2 Å². The van der Waals surface area contributed by atoms with E-state index in [4.69, 9.17) is 28.4 Å². The molecule has 268 valence electrons. The highest BCUT2D eigenvalue weighted by atomic mass is 16.7. The monoisotopic (exact) mass is 698 g/mol. The molecule has 7 nitrogen and oxygen atoms in total. The van der Waals surface area contributed by atoms with E-state index in [2.05, 4.69) is 11.8 Å². The van der Waals surface area contributed by atoms with E-state index < -0.39 is 30.2 Å². The molecule has 0 aromatic heterocycles. The second-order valence-electron chi connectivity index (χ2n) is 12.7. The van der Waals surface area contributed by atoms with Gasteiger partial charge in [0.2, 0.25) is 0 Å². The predicted molar refractivity (Wildman–Crippen MR) is 199 cm³/mol. The minimum atomic E-state index is -1.60. The standard InChI is InChI=1S/C45H46O7/c1-2-27-45(51-33-40-26-16-15-25-39(40)28-46)44(50-32-38-23-13-6-14-24-38)43(49-31-37-21-11-5-12-22-37)42(48-30-36-19-9-4-10-20-36)41(52-45)34-47-29-35-17-7-3-8-18-35/h3-26,41-44,46H,28-34H2,1H3/t41?,42-,43?,44?,45+/m1/s1. The van der Waals surface area contributed by atoms with Crippen LogP contribution < -0.4 is 0 Å². The third-order valence-electron chi connectivity index (χ3n) is 8.96. The molecule has 0 spiro atoms. The summed E-state index contributed by atoms with van der Waals surface area (Å²) in [5, 5.41) is 10.1. The molecular formula is C45H46O7. The maximum atomic E-state index is 10.1. The largest absolute Gasteiger partial charge is 0.392 e. The molecule has 1 heterocycles. The molecular weight excluding hydrogens is 652 g/mol. The summed E-state index contributed by atoms with van der Waals surface area (Å²) in [6.45, 7) is 3.15. The van der Waals surface area contributed by atoms with Gasteiger partial charge in [0.25, 0.3) is 5.79 Å². The van der Waals surface area contributed by atoms with Crippen molar-refractivity contribution < 1.29 is 33.5 Å². The summed E-state index contributed by atoms with van der Waals surface area (Å²) in [5.41, 5.74) is 5.59. The molecule has 0 saturated carbocycles. The molecule has 1 saturated heterocycles. The molecule has 52 heavy (non-hydrogen) atoms. The highest BCUT2D eigenvalue weighted by Gasteiger charge is 2.57. The average molecular weight is 699 g/mol. The quantitative estimate of drug-likeness (QED) is 0.0995. The van der Waals surface area contributed by atoms with Crippen LogP contribution in [-0.4, -0.2) is 41.9 Å². The average Bonchev–Trinajstić information content (AvgIpc) is 3.20. The highest BCUT2D eigenvalue weighted by molar-refractivity contribution is 5.27. The minimum Gasteiger partial charge on any atom is -0.392 e. The van der Waals surface area contributed by atoms with E-state index in [1.807, 2.05) is 146 Å². The van der Waals surface area contributed by atoms with Gasteiger partial charge in [-0.25, -0.2) is 0 Å². The van der Waals surface area contributed by atoms with Crippen molar-refractivity contribution in [2.45, 2.75) is 76.8 Å². The zero-order chi connectivity index (χ0) is 35.9. The summed E-state index contributed by atoms with van der Waals surface area (Å²) in [5.74, 6) is 4.76. The van der Waals surface area contributed by atoms with E-state index in [0.29, 0.717) is 19.8 Å². The van der Waals surface area contributed by atoms with Crippen LogP contribution in [0.15, 0.2) is 146 Å². The summed E-state index contributed by atoms with van der Waals surface area (Å²) in [6.07, 6.45) is -2.88. The van der Waals surface area contributed by atoms with Crippen molar-refractivity contribution in [1.82, 2.24) is 0 Å². The van der Waals surface area contributed by atoms with Gasteiger partial charge in [-0.3, -0.25) is 0 Å². The van der Waals surface area contributed by atoms with Crippen LogP contribution in [0.4, 0.5) is 0 Å². The van der Waals surface area contributed by atoms with Gasteiger partial charge in [0.15, 0.2) is 6.10 Å². The Labute approximate surface area is 307 Å². The normalized spacial score (nSPS) is 21.3. The van der Waals surface area contributed by atoms with Gasteiger partial charge in [-0.15, -0.1) is 5.92 Å². The van der Waals surface area contributed by atoms with E-state index in [1.165, 1.54) is 0 Å². The molecule has 5 aromatic rings. The summed E-state index contributed by atoms with van der Waals surface area (Å²) >= 11 is 0. The smallest absolute Gasteiger partial charge is 0.264 e. The number of hydrogen-bond donors (Lipinski definition) is 1. The molecule has 0 amide bonds. The highest BCUT2D eigenvalue weighted by Crippen LogP contribution is 2.39. The van der Waals surface area contributed by atoms with Crippen LogP contribution in [0.2, 0.25) is 0 Å². The van der Waals surface area contributed by atoms with Gasteiger partial charge in [-0.1, -0.05) is 146 Å². The molecule has 5 aromatic carbocycles. The van der Waals surface area contributed by atoms with Gasteiger partial charge in [0, 0.05) is 0 Å². The Morgan fingerprint density at radius 3 is 1.54 bits per heavy atom. The number of hydrogen-bond acceptors (Lipinski definition) is 7. The van der Waals surface area contributed by atoms with Gasteiger partial charge in [0.1, 0.15) is 18.3 Å². The lowest BCUT2D eigenvalue weighted by molar-refractivity contribution is -0.362. The van der Waals surface area contributed by atoms with Crippen LogP contribution in [0.5, 0.6) is 0 Å². The molecule has 5 atom stereocenters. The first-order valence-electron chi connectivity index (χ1n) is 17.7. The fourth-order valence-corrected chi connectivity index (χ4v) is 6.30. The van der Waals surface area contributed by atoms with Crippen LogP contribution >= 0.6 is 0 Å². The van der Waals surface area contributed by atoms with E-state index in [0.717, 1.165) is 33.4 Å². The molecule has 0 bridgehead atoms. The van der Waals surface area contributed by atoms with Crippen molar-refractivity contribution in [2.24, 2.45) is 0 Å². The van der Waals surface area contributed by atoms with Crippen molar-refractivity contribution in [3.8, 4) is 11.8 Å². The van der Waals surface area contributed by atoms with E-state index in [1.54, 1.807) is 6.92 Å². The fourth-order valence-electron chi connectivity index (χ4n) is 6.30. The lowest BCUT2D eigenvalue weighted by Gasteiger charge is -2.50. The number of aliphatic hydroxyl groups is 1. The summed E-state index contributed by atoms with van der Waals surface area (Å²) < 4.78 is 40.7. The molecule has 1 fully saturated rings. The Bertz CT molecular complexity index is 1830. The molecule has 7 heteroatoms. The van der Waals surface area contributed by atoms with Crippen LogP contribution in [0.25, 0.3) is 0 Å². The van der Waals surface area contributed by atoms with E-state index >= 15 is 0 Å². The second-order valence-corrected chi connectivity index (χ2v) is 12.7. The SMILES string of the molecule is CC#C[C@]1(OCc2ccccc2CO)OC(COCc2ccccc2)[C@@H](OCc2ccccc2)C(OCc2ccccc2)C1OCc1ccccc1. The maximum absolute atomic E-state index is 10.1. The van der Waals surface area contributed by atoms with Crippen molar-refractivity contribution in [1.29, 1.82) is 0 Å². The van der Waals surface area contributed by atoms with Crippen molar-refractivity contribution >= 4 is 0 Å². The molecule has 0 aliphatic carbocycles. The lowest BCUT2D eigenvalue weighted by Crippen LogP contribution is -2.67. The predicted octanol–water partition coefficient (Wildman–Crippen LogP) is 7.79. The van der Waals surface area contributed by atoms with Crippen LogP contribution in [-0.2, 0) is 68.1 Å². The second kappa shape index (κ2) is 19.3. The zero-order valence-electron chi connectivity index (χ0n) is 29.5. The molecule has 1 N–H and O–H groups in total. The van der Waals surface area contributed by atoms with E-state index in [-0.39, 0.29) is 26.4 Å². The van der Waals surface area contributed by atoms with Crippen LogP contribution in [0, 0.1) is 11.8 Å². The molecule has 1 aliphatic heterocycles. The van der Waals surface area contributed by atoms with Crippen molar-refractivity contribution in [2.75, 3.05) is 6.61 Å². The molecule has 0 radical (unpaired) electrons. The topological polar surface area (TPSA) is 75.6 Å². The molecule has 1 aliphatic rings. The maximum Gasteiger partial charge on any atom is 0.264 e. The van der Waals surface area contributed by atoms with Crippen molar-refractivity contribution in [3.63, 3.8) is 0 Å². The molecule has 3 unspecified atom stereocenters. The number of ether oxygens (including phenoxy) is 6. The first-order chi connectivity index (χ1) is 25.7. The van der Waals surface area contributed by atoms with E-state index in [9.17, 15) is 5.11 Å². The third-order valence-corrected chi connectivity index (χ3v) is 8.96. The Balaban J connectivity index is 1.40. The summed E-state index contributed by atoms with van der Waals surface area (Å²) in [6, 6.07) is 47.6. The summed E-state index contributed by atoms with van der Waals surface area (Å²) in [7, 11) is 0.